The third kappa shape index (κ3) is 1.68. The lowest BCUT2D eigenvalue weighted by Gasteiger charge is -1.98. The molecule has 2 radical (unpaired) electrons. The highest BCUT2D eigenvalue weighted by molar-refractivity contribution is 5.55. The molecule has 0 atom stereocenters. The normalized spacial score (nSPS) is 10.6. The number of nitrogens with zero attached hydrogens (tertiary/aromatic N) is 2. The molecule has 2 rings (SSSR count). The Hall–Kier alpha value is -1.91. The van der Waals surface area contributed by atoms with Gasteiger partial charge in [0.15, 0.2) is 0 Å². The zero-order valence-corrected chi connectivity index (χ0v) is 7.90. The molecule has 0 aliphatic carbocycles. The molecule has 76 valence electrons. The van der Waals surface area contributed by atoms with Crippen LogP contribution in [0.2, 0.25) is 0 Å². The van der Waals surface area contributed by atoms with Gasteiger partial charge in [-0.05, 0) is 24.6 Å². The second-order valence-corrected chi connectivity index (χ2v) is 3.04. The maximum Gasteiger partial charge on any atom is 0.437 e. The molecule has 2 aromatic rings. The average Bonchev–Trinajstić information content (AvgIpc) is 2.51. The highest BCUT2D eigenvalue weighted by atomic mass is 19.1. The number of hydrogen-bond donors (Lipinski definition) is 0. The molecule has 5 heteroatoms. The first kappa shape index (κ1) is 9.64. The van der Waals surface area contributed by atoms with Crippen LogP contribution < -0.4 is 5.76 Å². The van der Waals surface area contributed by atoms with Crippen molar-refractivity contribution in [2.24, 2.45) is 7.05 Å². The van der Waals surface area contributed by atoms with Gasteiger partial charge in [0.05, 0.1) is 5.56 Å². The molecule has 0 amide bonds. The Bertz CT molecular complexity index is 557. The summed E-state index contributed by atoms with van der Waals surface area (Å²) in [5, 5.41) is 3.72. The van der Waals surface area contributed by atoms with Gasteiger partial charge in [-0.1, -0.05) is 6.07 Å². The van der Waals surface area contributed by atoms with Crippen LogP contribution >= 0.6 is 0 Å². The summed E-state index contributed by atoms with van der Waals surface area (Å²) in [5.74, 6) is -1.26. The van der Waals surface area contributed by atoms with Gasteiger partial charge < -0.3 is 4.42 Å². The van der Waals surface area contributed by atoms with Crippen LogP contribution in [0.3, 0.4) is 0 Å². The van der Waals surface area contributed by atoms with Crippen LogP contribution in [0.1, 0.15) is 5.56 Å². The molecule has 0 aliphatic rings. The van der Waals surface area contributed by atoms with E-state index in [0.717, 1.165) is 4.68 Å². The van der Waals surface area contributed by atoms with Gasteiger partial charge in [-0.2, -0.15) is 4.68 Å². The lowest BCUT2D eigenvalue weighted by atomic mass is 10.1. The predicted molar refractivity (Wildman–Crippen MR) is 50.5 cm³/mol. The van der Waals surface area contributed by atoms with Crippen molar-refractivity contribution < 1.29 is 8.81 Å². The summed E-state index contributed by atoms with van der Waals surface area (Å²) in [4.78, 5) is 11.0. The number of hydrogen-bond acceptors (Lipinski definition) is 3. The standard InChI is InChI=1S/C10H7FN2O2/c1-6-3-4-8(11)7(5-6)9-12-13(2)10(14)15-9/h1,3-5H,2H3. The van der Waals surface area contributed by atoms with Crippen LogP contribution in [0.4, 0.5) is 4.39 Å². The van der Waals surface area contributed by atoms with E-state index in [2.05, 4.69) is 5.10 Å². The molecule has 4 nitrogen and oxygen atoms in total. The van der Waals surface area contributed by atoms with E-state index in [9.17, 15) is 9.18 Å². The van der Waals surface area contributed by atoms with Crippen LogP contribution in [0.15, 0.2) is 27.4 Å². The fourth-order valence-corrected chi connectivity index (χ4v) is 1.16. The van der Waals surface area contributed by atoms with Gasteiger partial charge in [0.25, 0.3) is 5.89 Å². The Morgan fingerprint density at radius 3 is 2.87 bits per heavy atom. The van der Waals surface area contributed by atoms with E-state index < -0.39 is 11.6 Å². The Kier molecular flexibility index (Phi) is 2.15. The van der Waals surface area contributed by atoms with Crippen molar-refractivity contribution in [3.63, 3.8) is 0 Å². The largest absolute Gasteiger partial charge is 0.437 e. The van der Waals surface area contributed by atoms with Gasteiger partial charge in [0.1, 0.15) is 5.82 Å². The van der Waals surface area contributed by atoms with Gasteiger partial charge in [-0.15, -0.1) is 5.10 Å². The maximum atomic E-state index is 13.3. The first-order valence-corrected chi connectivity index (χ1v) is 4.17. The first-order valence-electron chi connectivity index (χ1n) is 4.17. The molecule has 0 unspecified atom stereocenters. The van der Waals surface area contributed by atoms with Crippen LogP contribution in [0.5, 0.6) is 0 Å². The zero-order chi connectivity index (χ0) is 11.0. The van der Waals surface area contributed by atoms with Crippen molar-refractivity contribution in [3.8, 4) is 11.5 Å². The first-order chi connectivity index (χ1) is 7.08. The molecule has 0 bridgehead atoms. The summed E-state index contributed by atoms with van der Waals surface area (Å²) in [6.07, 6.45) is 0. The van der Waals surface area contributed by atoms with Crippen LogP contribution in [0, 0.1) is 12.7 Å². The quantitative estimate of drug-likeness (QED) is 0.705. The Balaban J connectivity index is 2.63. The SMILES string of the molecule is [CH]c1ccc(F)c(-c2nn(C)c(=O)o2)c1. The molecule has 1 heterocycles. The summed E-state index contributed by atoms with van der Waals surface area (Å²) in [7, 11) is 1.42. The van der Waals surface area contributed by atoms with E-state index in [-0.39, 0.29) is 11.5 Å². The minimum Gasteiger partial charge on any atom is -0.387 e. The fraction of sp³-hybridized carbons (Fsp3) is 0.100. The highest BCUT2D eigenvalue weighted by Crippen LogP contribution is 2.20. The van der Waals surface area contributed by atoms with E-state index >= 15 is 0 Å². The number of benzene rings is 1. The summed E-state index contributed by atoms with van der Waals surface area (Å²) < 4.78 is 19.1. The third-order valence-electron chi connectivity index (χ3n) is 1.91. The van der Waals surface area contributed by atoms with Gasteiger partial charge in [-0.3, -0.25) is 0 Å². The molecular weight excluding hydrogens is 199 g/mol. The van der Waals surface area contributed by atoms with Crippen molar-refractivity contribution >= 4 is 0 Å². The zero-order valence-electron chi connectivity index (χ0n) is 7.90. The predicted octanol–water partition coefficient (Wildman–Crippen LogP) is 1.24. The molecule has 0 saturated heterocycles. The Morgan fingerprint density at radius 1 is 1.53 bits per heavy atom. The average molecular weight is 206 g/mol. The number of aryl methyl sites for hydroxylation is 1. The number of aromatic nitrogens is 2. The Morgan fingerprint density at radius 2 is 2.27 bits per heavy atom. The lowest BCUT2D eigenvalue weighted by molar-refractivity contribution is 0.501. The van der Waals surface area contributed by atoms with Crippen molar-refractivity contribution in [2.75, 3.05) is 0 Å². The van der Waals surface area contributed by atoms with Gasteiger partial charge in [0, 0.05) is 7.05 Å². The van der Waals surface area contributed by atoms with Crippen LogP contribution in [0.25, 0.3) is 11.5 Å². The molecular formula is C10H7FN2O2. The van der Waals surface area contributed by atoms with E-state index in [1.807, 2.05) is 0 Å². The Labute approximate surface area is 85.0 Å². The molecule has 0 fully saturated rings. The van der Waals surface area contributed by atoms with Crippen molar-refractivity contribution in [1.82, 2.24) is 9.78 Å². The smallest absolute Gasteiger partial charge is 0.387 e. The maximum absolute atomic E-state index is 13.3. The van der Waals surface area contributed by atoms with Crippen molar-refractivity contribution in [2.45, 2.75) is 0 Å². The molecule has 0 aliphatic heterocycles. The van der Waals surface area contributed by atoms with Gasteiger partial charge in [0.2, 0.25) is 0 Å². The molecule has 15 heavy (non-hydrogen) atoms. The van der Waals surface area contributed by atoms with E-state index in [1.165, 1.54) is 25.2 Å². The van der Waals surface area contributed by atoms with Crippen molar-refractivity contribution in [3.05, 3.63) is 47.1 Å². The topological polar surface area (TPSA) is 48.0 Å². The van der Waals surface area contributed by atoms with Crippen LogP contribution in [-0.2, 0) is 7.05 Å². The summed E-state index contributed by atoms with van der Waals surface area (Å²) >= 11 is 0. The summed E-state index contributed by atoms with van der Waals surface area (Å²) in [5.41, 5.74) is 0.451. The van der Waals surface area contributed by atoms with E-state index in [1.54, 1.807) is 0 Å². The molecule has 0 spiro atoms. The summed E-state index contributed by atoms with van der Waals surface area (Å²) in [6, 6.07) is 3.97. The fourth-order valence-electron chi connectivity index (χ4n) is 1.16. The molecule has 0 saturated carbocycles. The van der Waals surface area contributed by atoms with Gasteiger partial charge >= 0.3 is 5.76 Å². The second-order valence-electron chi connectivity index (χ2n) is 3.04. The minimum absolute atomic E-state index is 0.0766. The minimum atomic E-state index is -0.646. The van der Waals surface area contributed by atoms with Crippen LogP contribution in [-0.4, -0.2) is 9.78 Å². The molecule has 0 N–H and O–H groups in total. The lowest BCUT2D eigenvalue weighted by Crippen LogP contribution is -2.09. The van der Waals surface area contributed by atoms with E-state index in [4.69, 9.17) is 11.3 Å². The van der Waals surface area contributed by atoms with Gasteiger partial charge in [-0.25, -0.2) is 9.18 Å². The van der Waals surface area contributed by atoms with E-state index in [0.29, 0.717) is 5.56 Å². The molecule has 1 aromatic carbocycles. The number of rotatable bonds is 1. The second kappa shape index (κ2) is 3.34. The third-order valence-corrected chi connectivity index (χ3v) is 1.91. The molecule has 1 aromatic heterocycles. The van der Waals surface area contributed by atoms with Crippen molar-refractivity contribution in [1.29, 1.82) is 0 Å². The number of halogens is 1. The monoisotopic (exact) mass is 206 g/mol. The summed E-state index contributed by atoms with van der Waals surface area (Å²) in [6.45, 7) is 5.49. The highest BCUT2D eigenvalue weighted by Gasteiger charge is 2.12.